The van der Waals surface area contributed by atoms with Crippen molar-refractivity contribution in [1.82, 2.24) is 15.2 Å². The van der Waals surface area contributed by atoms with Gasteiger partial charge in [-0.3, -0.25) is 4.79 Å². The lowest BCUT2D eigenvalue weighted by Crippen LogP contribution is -2.40. The lowest BCUT2D eigenvalue weighted by atomic mass is 10.0. The van der Waals surface area contributed by atoms with E-state index in [-0.39, 0.29) is 5.56 Å². The summed E-state index contributed by atoms with van der Waals surface area (Å²) in [6, 6.07) is 24.4. The standard InChI is InChI=1S/C29H31N3O2S/c1-20-9-10-21(2)27-26(20)17-24(28(33)31-27)19-32(18-23-11-13-25(34-3)14-12-23)29(35)30-16-15-22-7-5-4-6-8-22/h4-14,17H,15-16,18-19H2,1-3H3,(H,30,35)(H,31,33). The Bertz CT molecular complexity index is 1360. The zero-order valence-electron chi connectivity index (χ0n) is 20.4. The monoisotopic (exact) mass is 485 g/mol. The van der Waals surface area contributed by atoms with E-state index in [1.54, 1.807) is 7.11 Å². The van der Waals surface area contributed by atoms with Crippen molar-refractivity contribution < 1.29 is 4.74 Å². The number of thiocarbonyl (C=S) groups is 1. The Labute approximate surface area is 211 Å². The average Bonchev–Trinajstić information content (AvgIpc) is 2.87. The van der Waals surface area contributed by atoms with Crippen molar-refractivity contribution in [3.8, 4) is 5.75 Å². The highest BCUT2D eigenvalue weighted by Gasteiger charge is 2.15. The van der Waals surface area contributed by atoms with Gasteiger partial charge in [0.15, 0.2) is 5.11 Å². The number of hydrogen-bond acceptors (Lipinski definition) is 3. The van der Waals surface area contributed by atoms with Crippen LogP contribution in [0.15, 0.2) is 77.6 Å². The normalized spacial score (nSPS) is 10.8. The fraction of sp³-hybridized carbons (Fsp3) is 0.241. The third kappa shape index (κ3) is 6.08. The first-order valence-electron chi connectivity index (χ1n) is 11.8. The lowest BCUT2D eigenvalue weighted by molar-refractivity contribution is 0.395. The molecule has 0 spiro atoms. The molecule has 4 aromatic rings. The van der Waals surface area contributed by atoms with Crippen LogP contribution in [0.5, 0.6) is 5.75 Å². The lowest BCUT2D eigenvalue weighted by Gasteiger charge is -2.26. The molecular formula is C29H31N3O2S. The molecule has 6 heteroatoms. The van der Waals surface area contributed by atoms with Gasteiger partial charge >= 0.3 is 0 Å². The molecule has 0 aliphatic carbocycles. The number of rotatable bonds is 8. The number of nitrogens with zero attached hydrogens (tertiary/aromatic N) is 1. The second-order valence-electron chi connectivity index (χ2n) is 8.78. The number of H-pyrrole nitrogens is 1. The van der Waals surface area contributed by atoms with E-state index < -0.39 is 0 Å². The van der Waals surface area contributed by atoms with Crippen LogP contribution in [0.4, 0.5) is 0 Å². The van der Waals surface area contributed by atoms with Crippen molar-refractivity contribution in [2.75, 3.05) is 13.7 Å². The summed E-state index contributed by atoms with van der Waals surface area (Å²) in [4.78, 5) is 18.2. The Hall–Kier alpha value is -3.64. The molecular weight excluding hydrogens is 454 g/mol. The van der Waals surface area contributed by atoms with Crippen molar-refractivity contribution in [2.24, 2.45) is 0 Å². The number of aryl methyl sites for hydroxylation is 2. The Morgan fingerprint density at radius 1 is 0.943 bits per heavy atom. The first-order chi connectivity index (χ1) is 16.9. The Morgan fingerprint density at radius 2 is 1.66 bits per heavy atom. The Balaban J connectivity index is 1.57. The van der Waals surface area contributed by atoms with Gasteiger partial charge in [-0.1, -0.05) is 54.6 Å². The molecule has 0 amide bonds. The molecule has 0 radical (unpaired) electrons. The zero-order chi connectivity index (χ0) is 24.8. The minimum absolute atomic E-state index is 0.0852. The first kappa shape index (κ1) is 24.5. The molecule has 0 aliphatic rings. The van der Waals surface area contributed by atoms with Crippen LogP contribution in [-0.2, 0) is 19.5 Å². The van der Waals surface area contributed by atoms with E-state index in [0.29, 0.717) is 30.3 Å². The van der Waals surface area contributed by atoms with Gasteiger partial charge in [0, 0.05) is 24.0 Å². The summed E-state index contributed by atoms with van der Waals surface area (Å²) in [5, 5.41) is 5.08. The molecule has 0 bridgehead atoms. The van der Waals surface area contributed by atoms with Crippen molar-refractivity contribution in [2.45, 2.75) is 33.4 Å². The van der Waals surface area contributed by atoms with Gasteiger partial charge in [-0.05, 0) is 72.9 Å². The van der Waals surface area contributed by atoms with Crippen molar-refractivity contribution in [3.63, 3.8) is 0 Å². The maximum atomic E-state index is 13.0. The summed E-state index contributed by atoms with van der Waals surface area (Å²) in [5.41, 5.74) is 6.02. The summed E-state index contributed by atoms with van der Waals surface area (Å²) in [6.07, 6.45) is 0.867. The van der Waals surface area contributed by atoms with Crippen LogP contribution in [0.25, 0.3) is 10.9 Å². The minimum Gasteiger partial charge on any atom is -0.497 e. The van der Waals surface area contributed by atoms with Crippen LogP contribution in [0.2, 0.25) is 0 Å². The van der Waals surface area contributed by atoms with E-state index in [9.17, 15) is 4.79 Å². The van der Waals surface area contributed by atoms with Gasteiger partial charge in [0.2, 0.25) is 0 Å². The third-order valence-corrected chi connectivity index (χ3v) is 6.64. The van der Waals surface area contributed by atoms with Crippen LogP contribution < -0.4 is 15.6 Å². The average molecular weight is 486 g/mol. The molecule has 5 nitrogen and oxygen atoms in total. The molecule has 4 rings (SSSR count). The number of fused-ring (bicyclic) bond motifs is 1. The predicted octanol–water partition coefficient (Wildman–Crippen LogP) is 5.27. The number of aromatic nitrogens is 1. The number of hydrogen-bond donors (Lipinski definition) is 2. The fourth-order valence-electron chi connectivity index (χ4n) is 4.16. The second-order valence-corrected chi connectivity index (χ2v) is 9.17. The van der Waals surface area contributed by atoms with Crippen molar-refractivity contribution in [3.05, 3.63) is 111 Å². The van der Waals surface area contributed by atoms with E-state index in [2.05, 4.69) is 35.4 Å². The molecule has 180 valence electrons. The molecule has 2 N–H and O–H groups in total. The number of aromatic amines is 1. The molecule has 0 aliphatic heterocycles. The van der Waals surface area contributed by atoms with Crippen LogP contribution in [0.1, 0.15) is 27.8 Å². The number of methoxy groups -OCH3 is 1. The molecule has 35 heavy (non-hydrogen) atoms. The van der Waals surface area contributed by atoms with E-state index >= 15 is 0 Å². The summed E-state index contributed by atoms with van der Waals surface area (Å²) >= 11 is 5.80. The van der Waals surface area contributed by atoms with Crippen LogP contribution in [-0.4, -0.2) is 28.7 Å². The molecule has 1 aromatic heterocycles. The predicted molar refractivity (Wildman–Crippen MR) is 147 cm³/mol. The molecule has 1 heterocycles. The molecule has 3 aromatic carbocycles. The molecule has 0 atom stereocenters. The van der Waals surface area contributed by atoms with Gasteiger partial charge in [0.05, 0.1) is 19.2 Å². The summed E-state index contributed by atoms with van der Waals surface area (Å²) < 4.78 is 5.29. The van der Waals surface area contributed by atoms with Gasteiger partial charge in [-0.2, -0.15) is 0 Å². The molecule has 0 saturated carbocycles. The highest BCUT2D eigenvalue weighted by atomic mass is 32.1. The van der Waals surface area contributed by atoms with Crippen LogP contribution in [0, 0.1) is 13.8 Å². The van der Waals surface area contributed by atoms with Gasteiger partial charge in [-0.15, -0.1) is 0 Å². The fourth-order valence-corrected chi connectivity index (χ4v) is 4.39. The Kier molecular flexibility index (Phi) is 7.83. The number of nitrogens with one attached hydrogen (secondary N) is 2. The number of ether oxygens (including phenoxy) is 1. The Morgan fingerprint density at radius 3 is 2.37 bits per heavy atom. The van der Waals surface area contributed by atoms with E-state index in [1.807, 2.05) is 66.4 Å². The summed E-state index contributed by atoms with van der Waals surface area (Å²) in [7, 11) is 1.66. The molecule has 0 fully saturated rings. The maximum Gasteiger partial charge on any atom is 0.253 e. The minimum atomic E-state index is -0.0852. The zero-order valence-corrected chi connectivity index (χ0v) is 21.2. The smallest absolute Gasteiger partial charge is 0.253 e. The van der Waals surface area contributed by atoms with Gasteiger partial charge in [-0.25, -0.2) is 0 Å². The van der Waals surface area contributed by atoms with Crippen molar-refractivity contribution in [1.29, 1.82) is 0 Å². The highest BCUT2D eigenvalue weighted by molar-refractivity contribution is 7.80. The van der Waals surface area contributed by atoms with Gasteiger partial charge in [0.25, 0.3) is 5.56 Å². The largest absolute Gasteiger partial charge is 0.497 e. The highest BCUT2D eigenvalue weighted by Crippen LogP contribution is 2.21. The summed E-state index contributed by atoms with van der Waals surface area (Å²) in [6.45, 7) is 5.77. The quantitative estimate of drug-likeness (QED) is 0.333. The van der Waals surface area contributed by atoms with Crippen LogP contribution >= 0.6 is 12.2 Å². The first-order valence-corrected chi connectivity index (χ1v) is 12.2. The SMILES string of the molecule is COc1ccc(CN(Cc2cc3c(C)ccc(C)c3[nH]c2=O)C(=S)NCCc2ccccc2)cc1. The van der Waals surface area contributed by atoms with Gasteiger partial charge in [0.1, 0.15) is 5.75 Å². The van der Waals surface area contributed by atoms with Gasteiger partial charge < -0.3 is 19.9 Å². The second kappa shape index (κ2) is 11.2. The van der Waals surface area contributed by atoms with E-state index in [0.717, 1.165) is 39.8 Å². The summed E-state index contributed by atoms with van der Waals surface area (Å²) in [5.74, 6) is 0.806. The van der Waals surface area contributed by atoms with E-state index in [1.165, 1.54) is 5.56 Å². The molecule has 0 saturated heterocycles. The van der Waals surface area contributed by atoms with Crippen LogP contribution in [0.3, 0.4) is 0 Å². The maximum absolute atomic E-state index is 13.0. The topological polar surface area (TPSA) is 57.4 Å². The van der Waals surface area contributed by atoms with Crippen molar-refractivity contribution >= 4 is 28.2 Å². The number of benzene rings is 3. The van der Waals surface area contributed by atoms with E-state index in [4.69, 9.17) is 17.0 Å². The molecule has 0 unspecified atom stereocenters. The third-order valence-electron chi connectivity index (χ3n) is 6.23. The number of pyridine rings is 1.